The van der Waals surface area contributed by atoms with Crippen molar-refractivity contribution in [3.63, 3.8) is 0 Å². The molecule has 0 aromatic carbocycles. The Bertz CT molecular complexity index is 590. The van der Waals surface area contributed by atoms with Crippen LogP contribution in [0.1, 0.15) is 26.9 Å². The largest absolute Gasteiger partial charge is 0.477 e. The van der Waals surface area contributed by atoms with Gasteiger partial charge in [-0.15, -0.1) is 0 Å². The van der Waals surface area contributed by atoms with Crippen molar-refractivity contribution in [2.24, 2.45) is 0 Å². The lowest BCUT2D eigenvalue weighted by atomic mass is 10.4. The molecule has 2 heterocycles. The summed E-state index contributed by atoms with van der Waals surface area (Å²) in [4.78, 5) is 23.9. The zero-order valence-electron chi connectivity index (χ0n) is 10.1. The summed E-state index contributed by atoms with van der Waals surface area (Å²) >= 11 is 2.53. The van der Waals surface area contributed by atoms with E-state index in [1.54, 1.807) is 6.92 Å². The Morgan fingerprint density at radius 2 is 2.00 bits per heavy atom. The van der Waals surface area contributed by atoms with E-state index < -0.39 is 5.97 Å². The van der Waals surface area contributed by atoms with Gasteiger partial charge in [-0.05, 0) is 38.6 Å². The van der Waals surface area contributed by atoms with Gasteiger partial charge in [-0.3, -0.25) is 0 Å². The van der Waals surface area contributed by atoms with E-state index in [-0.39, 0.29) is 4.88 Å². The lowest BCUT2D eigenvalue weighted by Gasteiger charge is -2.00. The Morgan fingerprint density at radius 3 is 2.56 bits per heavy atom. The molecule has 0 fully saturated rings. The van der Waals surface area contributed by atoms with Crippen LogP contribution >= 0.6 is 23.1 Å². The number of hydrogen-bond donors (Lipinski definition) is 1. The van der Waals surface area contributed by atoms with Gasteiger partial charge >= 0.3 is 5.97 Å². The third-order valence-corrected chi connectivity index (χ3v) is 4.23. The minimum Gasteiger partial charge on any atom is -0.477 e. The van der Waals surface area contributed by atoms with Gasteiger partial charge in [0.2, 0.25) is 0 Å². The van der Waals surface area contributed by atoms with Gasteiger partial charge in [-0.25, -0.2) is 19.7 Å². The smallest absolute Gasteiger partial charge is 0.347 e. The first-order valence-electron chi connectivity index (χ1n) is 5.16. The molecule has 0 aliphatic carbocycles. The highest BCUT2D eigenvalue weighted by molar-refractivity contribution is 8.01. The highest BCUT2D eigenvalue weighted by atomic mass is 32.2. The lowest BCUT2D eigenvalue weighted by molar-refractivity contribution is 0.0701. The van der Waals surface area contributed by atoms with Gasteiger partial charge in [0.05, 0.1) is 5.69 Å². The molecule has 0 saturated heterocycles. The van der Waals surface area contributed by atoms with Gasteiger partial charge in [0.1, 0.15) is 15.7 Å². The molecule has 7 heteroatoms. The molecule has 1 N–H and O–H groups in total. The van der Waals surface area contributed by atoms with Crippen LogP contribution < -0.4 is 0 Å². The van der Waals surface area contributed by atoms with Gasteiger partial charge in [0, 0.05) is 5.69 Å². The summed E-state index contributed by atoms with van der Waals surface area (Å²) in [6.45, 7) is 5.42. The summed E-state index contributed by atoms with van der Waals surface area (Å²) < 4.78 is 0.683. The molecule has 0 saturated carbocycles. The molecule has 0 atom stereocenters. The molecular formula is C11H11N3O2S2. The molecule has 0 aliphatic heterocycles. The zero-order chi connectivity index (χ0) is 13.3. The number of rotatable bonds is 3. The van der Waals surface area contributed by atoms with Crippen LogP contribution in [-0.2, 0) is 0 Å². The second kappa shape index (κ2) is 5.03. The molecule has 0 radical (unpaired) electrons. The van der Waals surface area contributed by atoms with Crippen LogP contribution in [0.25, 0.3) is 0 Å². The van der Waals surface area contributed by atoms with Crippen molar-refractivity contribution in [2.75, 3.05) is 0 Å². The van der Waals surface area contributed by atoms with Gasteiger partial charge in [0.15, 0.2) is 4.34 Å². The predicted octanol–water partition coefficient (Wildman–Crippen LogP) is 2.71. The van der Waals surface area contributed by atoms with Crippen molar-refractivity contribution >= 4 is 29.1 Å². The van der Waals surface area contributed by atoms with Crippen molar-refractivity contribution in [3.05, 3.63) is 28.2 Å². The number of thiazole rings is 1. The van der Waals surface area contributed by atoms with Crippen LogP contribution in [0, 0.1) is 20.8 Å². The van der Waals surface area contributed by atoms with E-state index in [9.17, 15) is 4.79 Å². The van der Waals surface area contributed by atoms with Crippen LogP contribution in [0.4, 0.5) is 0 Å². The molecule has 2 aromatic rings. The Kier molecular flexibility index (Phi) is 3.63. The number of aromatic carboxylic acids is 1. The summed E-state index contributed by atoms with van der Waals surface area (Å²) in [5, 5.41) is 9.75. The standard InChI is InChI=1S/C11H11N3O2S2/c1-5-4-8(14-7(3)12-5)17-11-13-6(2)9(18-11)10(15)16/h4H,1-3H3,(H,15,16). The van der Waals surface area contributed by atoms with Crippen LogP contribution in [0.15, 0.2) is 15.4 Å². The third kappa shape index (κ3) is 2.85. The number of carbonyl (C=O) groups is 1. The summed E-state index contributed by atoms with van der Waals surface area (Å²) in [7, 11) is 0. The predicted molar refractivity (Wildman–Crippen MR) is 69.4 cm³/mol. The van der Waals surface area contributed by atoms with Crippen molar-refractivity contribution in [1.29, 1.82) is 0 Å². The highest BCUT2D eigenvalue weighted by Gasteiger charge is 2.15. The molecule has 0 amide bonds. The molecule has 0 bridgehead atoms. The molecule has 2 rings (SSSR count). The Balaban J connectivity index is 2.28. The maximum absolute atomic E-state index is 10.9. The fourth-order valence-electron chi connectivity index (χ4n) is 1.44. The van der Waals surface area contributed by atoms with Gasteiger partial charge in [-0.1, -0.05) is 11.3 Å². The van der Waals surface area contributed by atoms with Gasteiger partial charge < -0.3 is 5.11 Å². The molecule has 94 valence electrons. The first-order chi connectivity index (χ1) is 8.45. The second-order valence-corrected chi connectivity index (χ2v) is 5.96. The average molecular weight is 281 g/mol. The Hall–Kier alpha value is -1.47. The van der Waals surface area contributed by atoms with Crippen molar-refractivity contribution in [1.82, 2.24) is 15.0 Å². The van der Waals surface area contributed by atoms with Gasteiger partial charge in [0.25, 0.3) is 0 Å². The number of hydrogen-bond acceptors (Lipinski definition) is 6. The quantitative estimate of drug-likeness (QED) is 0.872. The van der Waals surface area contributed by atoms with Crippen LogP contribution in [0.3, 0.4) is 0 Å². The number of carboxylic acids is 1. The normalized spacial score (nSPS) is 10.6. The van der Waals surface area contributed by atoms with Crippen molar-refractivity contribution in [3.8, 4) is 0 Å². The molecule has 0 unspecified atom stereocenters. The highest BCUT2D eigenvalue weighted by Crippen LogP contribution is 2.32. The molecular weight excluding hydrogens is 270 g/mol. The van der Waals surface area contributed by atoms with E-state index in [0.29, 0.717) is 15.9 Å². The fraction of sp³-hybridized carbons (Fsp3) is 0.273. The van der Waals surface area contributed by atoms with Crippen molar-refractivity contribution in [2.45, 2.75) is 30.1 Å². The molecule has 18 heavy (non-hydrogen) atoms. The third-order valence-electron chi connectivity index (χ3n) is 2.11. The van der Waals surface area contributed by atoms with E-state index in [1.807, 2.05) is 19.9 Å². The maximum Gasteiger partial charge on any atom is 0.347 e. The summed E-state index contributed by atoms with van der Waals surface area (Å²) in [5.74, 6) is -0.240. The summed E-state index contributed by atoms with van der Waals surface area (Å²) in [6, 6.07) is 1.86. The molecule has 2 aromatic heterocycles. The first kappa shape index (κ1) is 13.0. The Labute approximate surface area is 112 Å². The second-order valence-electron chi connectivity index (χ2n) is 3.70. The number of aromatic nitrogens is 3. The average Bonchev–Trinajstić information content (AvgIpc) is 2.57. The topological polar surface area (TPSA) is 76.0 Å². The zero-order valence-corrected chi connectivity index (χ0v) is 11.7. The van der Waals surface area contributed by atoms with Crippen LogP contribution in [0.2, 0.25) is 0 Å². The number of aryl methyl sites for hydroxylation is 3. The molecule has 0 spiro atoms. The van der Waals surface area contributed by atoms with Crippen molar-refractivity contribution < 1.29 is 9.90 Å². The fourth-order valence-corrected chi connectivity index (χ4v) is 3.52. The monoisotopic (exact) mass is 281 g/mol. The Morgan fingerprint density at radius 1 is 1.28 bits per heavy atom. The van der Waals surface area contributed by atoms with E-state index in [1.165, 1.54) is 23.1 Å². The number of nitrogens with zero attached hydrogens (tertiary/aromatic N) is 3. The minimum atomic E-state index is -0.938. The lowest BCUT2D eigenvalue weighted by Crippen LogP contribution is -1.94. The molecule has 5 nitrogen and oxygen atoms in total. The summed E-state index contributed by atoms with van der Waals surface area (Å²) in [6.07, 6.45) is 0. The summed E-state index contributed by atoms with van der Waals surface area (Å²) in [5.41, 5.74) is 1.43. The first-order valence-corrected chi connectivity index (χ1v) is 6.80. The van der Waals surface area contributed by atoms with Crippen LogP contribution in [-0.4, -0.2) is 26.0 Å². The van der Waals surface area contributed by atoms with E-state index >= 15 is 0 Å². The number of carboxylic acid groups (broad SMARTS) is 1. The minimum absolute atomic E-state index is 0.278. The maximum atomic E-state index is 10.9. The van der Waals surface area contributed by atoms with E-state index in [2.05, 4.69) is 15.0 Å². The van der Waals surface area contributed by atoms with E-state index in [0.717, 1.165) is 10.7 Å². The van der Waals surface area contributed by atoms with E-state index in [4.69, 9.17) is 5.11 Å². The van der Waals surface area contributed by atoms with Crippen LogP contribution in [0.5, 0.6) is 0 Å². The SMILES string of the molecule is Cc1cc(Sc2nc(C)c(C(=O)O)s2)nc(C)n1. The molecule has 0 aliphatic rings. The van der Waals surface area contributed by atoms with Gasteiger partial charge in [-0.2, -0.15) is 0 Å².